The van der Waals surface area contributed by atoms with Gasteiger partial charge in [-0.15, -0.1) is 0 Å². The Morgan fingerprint density at radius 1 is 1.41 bits per heavy atom. The van der Waals surface area contributed by atoms with Crippen LogP contribution in [0.5, 0.6) is 0 Å². The van der Waals surface area contributed by atoms with Crippen molar-refractivity contribution in [1.82, 2.24) is 5.32 Å². The molecule has 4 nitrogen and oxygen atoms in total. The summed E-state index contributed by atoms with van der Waals surface area (Å²) in [6.07, 6.45) is 5.54. The maximum atomic E-state index is 11.8. The first-order valence-electron chi connectivity index (χ1n) is 6.62. The van der Waals surface area contributed by atoms with Gasteiger partial charge in [0.1, 0.15) is 5.78 Å². The number of carbonyl (C=O) groups excluding carboxylic acids is 2. The average molecular weight is 240 g/mol. The number of Topliss-reactive ketones (excluding diaryl/α,β-unsaturated/α-hetero) is 1. The molecule has 98 valence electrons. The first-order chi connectivity index (χ1) is 8.06. The van der Waals surface area contributed by atoms with E-state index in [1.54, 1.807) is 6.92 Å². The molecule has 0 saturated heterocycles. The lowest BCUT2D eigenvalue weighted by Crippen LogP contribution is -2.47. The lowest BCUT2D eigenvalue weighted by molar-refractivity contribution is -0.125. The molecule has 0 heterocycles. The normalized spacial score (nSPS) is 25.6. The van der Waals surface area contributed by atoms with Gasteiger partial charge in [-0.2, -0.15) is 0 Å². The van der Waals surface area contributed by atoms with Crippen molar-refractivity contribution in [3.63, 3.8) is 0 Å². The number of hydrogen-bond acceptors (Lipinski definition) is 3. The molecule has 3 atom stereocenters. The van der Waals surface area contributed by atoms with Crippen LogP contribution in [0.4, 0.5) is 0 Å². The number of nitrogens with one attached hydrogen (secondary N) is 1. The summed E-state index contributed by atoms with van der Waals surface area (Å²) in [5.74, 6) is 0.0730. The standard InChI is InChI=1S/C13H24N2O2/c1-3-4-7-11(14)13(17)15-12-8-5-6-10(12)9(2)16/h10-12H,3-8,14H2,1-2H3,(H,15,17)/t10-,11-,12-/m0/s1. The zero-order valence-electron chi connectivity index (χ0n) is 10.9. The van der Waals surface area contributed by atoms with E-state index in [4.69, 9.17) is 5.73 Å². The summed E-state index contributed by atoms with van der Waals surface area (Å²) in [5, 5.41) is 2.93. The van der Waals surface area contributed by atoms with E-state index in [0.717, 1.165) is 38.5 Å². The van der Waals surface area contributed by atoms with Gasteiger partial charge in [0.05, 0.1) is 6.04 Å². The molecule has 0 aromatic carbocycles. The highest BCUT2D eigenvalue weighted by Gasteiger charge is 2.32. The molecule has 3 N–H and O–H groups in total. The van der Waals surface area contributed by atoms with Crippen LogP contribution in [0.2, 0.25) is 0 Å². The monoisotopic (exact) mass is 240 g/mol. The number of carbonyl (C=O) groups is 2. The van der Waals surface area contributed by atoms with Crippen LogP contribution >= 0.6 is 0 Å². The maximum absolute atomic E-state index is 11.8. The van der Waals surface area contributed by atoms with Crippen LogP contribution in [0, 0.1) is 5.92 Å². The Morgan fingerprint density at radius 3 is 2.71 bits per heavy atom. The van der Waals surface area contributed by atoms with Gasteiger partial charge >= 0.3 is 0 Å². The molecule has 1 aliphatic rings. The molecule has 0 aromatic rings. The van der Waals surface area contributed by atoms with Crippen LogP contribution in [0.25, 0.3) is 0 Å². The highest BCUT2D eigenvalue weighted by Crippen LogP contribution is 2.26. The molecule has 1 saturated carbocycles. The zero-order valence-corrected chi connectivity index (χ0v) is 10.9. The van der Waals surface area contributed by atoms with Crippen LogP contribution in [0.1, 0.15) is 52.4 Å². The highest BCUT2D eigenvalue weighted by molar-refractivity contribution is 5.84. The Bertz CT molecular complexity index is 279. The van der Waals surface area contributed by atoms with Gasteiger partial charge in [0, 0.05) is 12.0 Å². The lowest BCUT2D eigenvalue weighted by Gasteiger charge is -2.21. The van der Waals surface area contributed by atoms with E-state index in [1.165, 1.54) is 0 Å². The molecule has 0 aliphatic heterocycles. The number of amides is 1. The molecule has 17 heavy (non-hydrogen) atoms. The first kappa shape index (κ1) is 14.2. The first-order valence-corrected chi connectivity index (χ1v) is 6.62. The van der Waals surface area contributed by atoms with E-state index >= 15 is 0 Å². The van der Waals surface area contributed by atoms with Gasteiger partial charge in [0.25, 0.3) is 0 Å². The van der Waals surface area contributed by atoms with Gasteiger partial charge in [-0.05, 0) is 26.2 Å². The third-order valence-electron chi connectivity index (χ3n) is 3.57. The number of hydrogen-bond donors (Lipinski definition) is 2. The van der Waals surface area contributed by atoms with E-state index < -0.39 is 6.04 Å². The molecular weight excluding hydrogens is 216 g/mol. The van der Waals surface area contributed by atoms with Crippen molar-refractivity contribution in [2.24, 2.45) is 11.7 Å². The summed E-state index contributed by atoms with van der Waals surface area (Å²) in [6.45, 7) is 3.68. The van der Waals surface area contributed by atoms with Crippen molar-refractivity contribution in [3.05, 3.63) is 0 Å². The van der Waals surface area contributed by atoms with Crippen LogP contribution in [0.3, 0.4) is 0 Å². The molecular formula is C13H24N2O2. The quantitative estimate of drug-likeness (QED) is 0.736. The van der Waals surface area contributed by atoms with E-state index in [1.807, 2.05) is 0 Å². The minimum Gasteiger partial charge on any atom is -0.351 e. The maximum Gasteiger partial charge on any atom is 0.237 e. The molecule has 0 aromatic heterocycles. The van der Waals surface area contributed by atoms with Gasteiger partial charge in [0.15, 0.2) is 0 Å². The molecule has 1 aliphatic carbocycles. The summed E-state index contributed by atoms with van der Waals surface area (Å²) < 4.78 is 0. The average Bonchev–Trinajstić information content (AvgIpc) is 2.73. The minimum absolute atomic E-state index is 0.00248. The Labute approximate surface area is 103 Å². The summed E-state index contributed by atoms with van der Waals surface area (Å²) in [4.78, 5) is 23.2. The van der Waals surface area contributed by atoms with Crippen LogP contribution < -0.4 is 11.1 Å². The summed E-state index contributed by atoms with van der Waals surface area (Å²) in [5.41, 5.74) is 5.81. The van der Waals surface area contributed by atoms with Crippen molar-refractivity contribution in [2.75, 3.05) is 0 Å². The van der Waals surface area contributed by atoms with Gasteiger partial charge < -0.3 is 11.1 Å². The summed E-state index contributed by atoms with van der Waals surface area (Å²) in [6, 6.07) is -0.421. The minimum atomic E-state index is -0.428. The molecule has 1 fully saturated rings. The molecule has 1 amide bonds. The number of unbranched alkanes of at least 4 members (excludes halogenated alkanes) is 1. The predicted molar refractivity (Wildman–Crippen MR) is 67.5 cm³/mol. The van der Waals surface area contributed by atoms with Crippen molar-refractivity contribution in [1.29, 1.82) is 0 Å². The van der Waals surface area contributed by atoms with Gasteiger partial charge in [-0.3, -0.25) is 9.59 Å². The van der Waals surface area contributed by atoms with Crippen molar-refractivity contribution >= 4 is 11.7 Å². The van der Waals surface area contributed by atoms with Crippen LogP contribution in [-0.4, -0.2) is 23.8 Å². The fourth-order valence-corrected chi connectivity index (χ4v) is 2.46. The van der Waals surface area contributed by atoms with Gasteiger partial charge in [0.2, 0.25) is 5.91 Å². The fourth-order valence-electron chi connectivity index (χ4n) is 2.46. The predicted octanol–water partition coefficient (Wildman–Crippen LogP) is 1.38. The summed E-state index contributed by atoms with van der Waals surface area (Å²) >= 11 is 0. The number of rotatable bonds is 6. The van der Waals surface area contributed by atoms with Gasteiger partial charge in [-0.1, -0.05) is 26.2 Å². The highest BCUT2D eigenvalue weighted by atomic mass is 16.2. The Hall–Kier alpha value is -0.900. The van der Waals surface area contributed by atoms with Crippen molar-refractivity contribution < 1.29 is 9.59 Å². The van der Waals surface area contributed by atoms with Crippen LogP contribution in [0.15, 0.2) is 0 Å². The number of ketones is 1. The Morgan fingerprint density at radius 2 is 2.12 bits per heavy atom. The third kappa shape index (κ3) is 4.11. The Balaban J connectivity index is 2.42. The zero-order chi connectivity index (χ0) is 12.8. The van der Waals surface area contributed by atoms with Gasteiger partial charge in [-0.25, -0.2) is 0 Å². The SMILES string of the molecule is CCCC[C@H](N)C(=O)N[C@H]1CCC[C@H]1C(C)=O. The molecule has 0 spiro atoms. The van der Waals surface area contributed by atoms with E-state index in [0.29, 0.717) is 0 Å². The van der Waals surface area contributed by atoms with E-state index in [2.05, 4.69) is 12.2 Å². The largest absolute Gasteiger partial charge is 0.351 e. The van der Waals surface area contributed by atoms with Crippen molar-refractivity contribution in [3.8, 4) is 0 Å². The second-order valence-corrected chi connectivity index (χ2v) is 5.01. The summed E-state index contributed by atoms with van der Waals surface area (Å²) in [7, 11) is 0. The number of nitrogens with two attached hydrogens (primary N) is 1. The Kier molecular flexibility index (Phi) is 5.62. The lowest BCUT2D eigenvalue weighted by atomic mass is 9.99. The molecule has 1 rings (SSSR count). The van der Waals surface area contributed by atoms with Crippen molar-refractivity contribution in [2.45, 2.75) is 64.5 Å². The fraction of sp³-hybridized carbons (Fsp3) is 0.846. The second kappa shape index (κ2) is 6.74. The van der Waals surface area contributed by atoms with Crippen LogP contribution in [-0.2, 0) is 9.59 Å². The molecule has 0 radical (unpaired) electrons. The van der Waals surface area contributed by atoms with E-state index in [9.17, 15) is 9.59 Å². The van der Waals surface area contributed by atoms with E-state index in [-0.39, 0.29) is 23.7 Å². The molecule has 4 heteroatoms. The second-order valence-electron chi connectivity index (χ2n) is 5.01. The molecule has 0 bridgehead atoms. The topological polar surface area (TPSA) is 72.2 Å². The molecule has 0 unspecified atom stereocenters. The smallest absolute Gasteiger partial charge is 0.237 e. The third-order valence-corrected chi connectivity index (χ3v) is 3.57.